The highest BCUT2D eigenvalue weighted by atomic mass is 79.9. The Kier molecular flexibility index (Phi) is 5.83. The fourth-order valence-electron chi connectivity index (χ4n) is 2.44. The molecule has 0 atom stereocenters. The van der Waals surface area contributed by atoms with Gasteiger partial charge in [-0.3, -0.25) is 4.90 Å². The van der Waals surface area contributed by atoms with Gasteiger partial charge < -0.3 is 10.2 Å². The highest BCUT2D eigenvalue weighted by Crippen LogP contribution is 2.21. The van der Waals surface area contributed by atoms with E-state index in [1.54, 1.807) is 0 Å². The molecule has 1 saturated heterocycles. The second-order valence-electron chi connectivity index (χ2n) is 7.11. The lowest BCUT2D eigenvalue weighted by atomic mass is 10.1. The lowest BCUT2D eigenvalue weighted by molar-refractivity contribution is 0.148. The first-order chi connectivity index (χ1) is 9.83. The van der Waals surface area contributed by atoms with E-state index in [-0.39, 0.29) is 5.54 Å². The first kappa shape index (κ1) is 16.9. The Balaban J connectivity index is 1.93. The van der Waals surface area contributed by atoms with Crippen LogP contribution in [-0.4, -0.2) is 48.6 Å². The van der Waals surface area contributed by atoms with Crippen molar-refractivity contribution in [1.29, 1.82) is 0 Å². The van der Waals surface area contributed by atoms with E-state index in [0.29, 0.717) is 0 Å². The summed E-state index contributed by atoms with van der Waals surface area (Å²) < 4.78 is 1.23. The minimum Gasteiger partial charge on any atom is -0.308 e. The van der Waals surface area contributed by atoms with Crippen LogP contribution in [0.2, 0.25) is 0 Å². The second-order valence-corrected chi connectivity index (χ2v) is 7.96. The Morgan fingerprint density at radius 3 is 2.38 bits per heavy atom. The van der Waals surface area contributed by atoms with Gasteiger partial charge in [-0.15, -0.1) is 0 Å². The summed E-state index contributed by atoms with van der Waals surface area (Å²) in [5, 5.41) is 3.53. The molecule has 0 bridgehead atoms. The predicted octanol–water partition coefficient (Wildman–Crippen LogP) is 3.08. The molecule has 0 aliphatic carbocycles. The normalized spacial score (nSPS) is 18.1. The third kappa shape index (κ3) is 5.70. The van der Waals surface area contributed by atoms with Crippen molar-refractivity contribution in [2.45, 2.75) is 39.4 Å². The molecule has 0 aromatic heterocycles. The second kappa shape index (κ2) is 7.23. The van der Waals surface area contributed by atoms with Gasteiger partial charge >= 0.3 is 0 Å². The van der Waals surface area contributed by atoms with Crippen molar-refractivity contribution in [1.82, 2.24) is 15.1 Å². The van der Waals surface area contributed by atoms with E-state index in [9.17, 15) is 0 Å². The molecule has 0 spiro atoms. The van der Waals surface area contributed by atoms with Crippen molar-refractivity contribution in [3.05, 3.63) is 33.8 Å². The lowest BCUT2D eigenvalue weighted by Crippen LogP contribution is -2.43. The van der Waals surface area contributed by atoms with Crippen molar-refractivity contribution in [3.8, 4) is 0 Å². The number of rotatable bonds is 4. The van der Waals surface area contributed by atoms with Gasteiger partial charge in [0.05, 0.1) is 0 Å². The monoisotopic (exact) mass is 353 g/mol. The van der Waals surface area contributed by atoms with Crippen LogP contribution >= 0.6 is 15.9 Å². The molecule has 1 aliphatic heterocycles. The Labute approximate surface area is 137 Å². The van der Waals surface area contributed by atoms with Crippen molar-refractivity contribution < 1.29 is 0 Å². The topological polar surface area (TPSA) is 18.5 Å². The first-order valence-corrected chi connectivity index (χ1v) is 8.56. The van der Waals surface area contributed by atoms with Crippen LogP contribution in [0, 0.1) is 0 Å². The minimum absolute atomic E-state index is 0.158. The highest BCUT2D eigenvalue weighted by Gasteiger charge is 2.15. The largest absolute Gasteiger partial charge is 0.308 e. The van der Waals surface area contributed by atoms with Gasteiger partial charge in [-0.05, 0) is 45.0 Å². The smallest absolute Gasteiger partial charge is 0.0246 e. The standard InChI is InChI=1S/C17H28BrN3/c1-17(2,3)19-12-14-5-6-15(16(18)11-14)13-21-9-7-20(4)8-10-21/h5-6,11,19H,7-10,12-13H2,1-4H3. The molecule has 2 rings (SSSR count). The molecule has 0 radical (unpaired) electrons. The Hall–Kier alpha value is -0.420. The summed E-state index contributed by atoms with van der Waals surface area (Å²) in [6, 6.07) is 6.77. The third-order valence-electron chi connectivity index (χ3n) is 3.93. The molecule has 118 valence electrons. The van der Waals surface area contributed by atoms with Gasteiger partial charge in [0.1, 0.15) is 0 Å². The summed E-state index contributed by atoms with van der Waals surface area (Å²) >= 11 is 3.74. The quantitative estimate of drug-likeness (QED) is 0.897. The summed E-state index contributed by atoms with van der Waals surface area (Å²) in [6.45, 7) is 13.2. The van der Waals surface area contributed by atoms with E-state index in [4.69, 9.17) is 0 Å². The highest BCUT2D eigenvalue weighted by molar-refractivity contribution is 9.10. The SMILES string of the molecule is CN1CCN(Cc2ccc(CNC(C)(C)C)cc2Br)CC1. The van der Waals surface area contributed by atoms with Crippen LogP contribution < -0.4 is 5.32 Å². The fourth-order valence-corrected chi connectivity index (χ4v) is 2.99. The van der Waals surface area contributed by atoms with E-state index in [2.05, 4.69) is 77.1 Å². The predicted molar refractivity (Wildman–Crippen MR) is 93.5 cm³/mol. The first-order valence-electron chi connectivity index (χ1n) is 7.77. The van der Waals surface area contributed by atoms with Crippen molar-refractivity contribution >= 4 is 15.9 Å². The molecule has 0 unspecified atom stereocenters. The zero-order chi connectivity index (χ0) is 15.5. The molecule has 1 N–H and O–H groups in total. The number of nitrogens with zero attached hydrogens (tertiary/aromatic N) is 2. The van der Waals surface area contributed by atoms with E-state index >= 15 is 0 Å². The Morgan fingerprint density at radius 2 is 1.81 bits per heavy atom. The summed E-state index contributed by atoms with van der Waals surface area (Å²) in [7, 11) is 2.20. The third-order valence-corrected chi connectivity index (χ3v) is 4.67. The number of nitrogens with one attached hydrogen (secondary N) is 1. The minimum atomic E-state index is 0.158. The number of benzene rings is 1. The molecule has 1 heterocycles. The Bertz CT molecular complexity index is 460. The van der Waals surface area contributed by atoms with E-state index in [0.717, 1.165) is 26.2 Å². The molecular weight excluding hydrogens is 326 g/mol. The van der Waals surface area contributed by atoms with Crippen molar-refractivity contribution in [2.24, 2.45) is 0 Å². The number of halogens is 1. The molecule has 1 aliphatic rings. The maximum Gasteiger partial charge on any atom is 0.0246 e. The molecule has 4 heteroatoms. The van der Waals surface area contributed by atoms with Gasteiger partial charge in [-0.2, -0.15) is 0 Å². The van der Waals surface area contributed by atoms with Gasteiger partial charge in [-0.25, -0.2) is 0 Å². The average molecular weight is 354 g/mol. The Morgan fingerprint density at radius 1 is 1.14 bits per heavy atom. The molecule has 0 amide bonds. The van der Waals surface area contributed by atoms with Crippen LogP contribution in [0.5, 0.6) is 0 Å². The maximum absolute atomic E-state index is 3.74. The molecule has 0 saturated carbocycles. The number of likely N-dealkylation sites (N-methyl/N-ethyl adjacent to an activating group) is 1. The van der Waals surface area contributed by atoms with Crippen molar-refractivity contribution in [3.63, 3.8) is 0 Å². The zero-order valence-corrected chi connectivity index (χ0v) is 15.3. The van der Waals surface area contributed by atoms with E-state index in [1.165, 1.54) is 28.7 Å². The molecule has 21 heavy (non-hydrogen) atoms. The number of piperazine rings is 1. The molecule has 3 nitrogen and oxygen atoms in total. The van der Waals surface area contributed by atoms with Crippen LogP contribution in [0.3, 0.4) is 0 Å². The molecule has 1 aromatic rings. The average Bonchev–Trinajstić information content (AvgIpc) is 2.41. The van der Waals surface area contributed by atoms with Crippen LogP contribution in [-0.2, 0) is 13.1 Å². The van der Waals surface area contributed by atoms with E-state index < -0.39 is 0 Å². The summed E-state index contributed by atoms with van der Waals surface area (Å²) in [4.78, 5) is 4.93. The van der Waals surface area contributed by atoms with Crippen molar-refractivity contribution in [2.75, 3.05) is 33.2 Å². The fraction of sp³-hybridized carbons (Fsp3) is 0.647. The summed E-state index contributed by atoms with van der Waals surface area (Å²) in [5.74, 6) is 0. The van der Waals surface area contributed by atoms with E-state index in [1.807, 2.05) is 0 Å². The van der Waals surface area contributed by atoms with Crippen LogP contribution in [0.1, 0.15) is 31.9 Å². The van der Waals surface area contributed by atoms with Crippen LogP contribution in [0.4, 0.5) is 0 Å². The summed E-state index contributed by atoms with van der Waals surface area (Å²) in [5.41, 5.74) is 2.88. The van der Waals surface area contributed by atoms with Crippen LogP contribution in [0.15, 0.2) is 22.7 Å². The van der Waals surface area contributed by atoms with Gasteiger partial charge in [0.2, 0.25) is 0 Å². The number of hydrogen-bond donors (Lipinski definition) is 1. The maximum atomic E-state index is 3.74. The van der Waals surface area contributed by atoms with Gasteiger partial charge in [0.25, 0.3) is 0 Å². The van der Waals surface area contributed by atoms with Crippen LogP contribution in [0.25, 0.3) is 0 Å². The van der Waals surface area contributed by atoms with Gasteiger partial charge in [0.15, 0.2) is 0 Å². The van der Waals surface area contributed by atoms with Gasteiger partial charge in [-0.1, -0.05) is 28.1 Å². The number of hydrogen-bond acceptors (Lipinski definition) is 3. The molecule has 1 aromatic carbocycles. The molecular formula is C17H28BrN3. The molecule has 1 fully saturated rings. The summed E-state index contributed by atoms with van der Waals surface area (Å²) in [6.07, 6.45) is 0. The van der Waals surface area contributed by atoms with Gasteiger partial charge in [0, 0.05) is 49.3 Å². The lowest BCUT2D eigenvalue weighted by Gasteiger charge is -2.32. The zero-order valence-electron chi connectivity index (χ0n) is 13.7.